The molecular weight excluding hydrogens is 817 g/mol. The fourth-order valence-corrected chi connectivity index (χ4v) is 11.7. The smallest absolute Gasteiger partial charge is 0.337 e. The van der Waals surface area contributed by atoms with Crippen molar-refractivity contribution >= 4 is 16.9 Å². The number of benzene rings is 2. The van der Waals surface area contributed by atoms with Crippen molar-refractivity contribution in [2.45, 2.75) is 120 Å². The van der Waals surface area contributed by atoms with Crippen LogP contribution in [-0.4, -0.2) is 74.7 Å². The predicted molar refractivity (Wildman–Crippen MR) is 240 cm³/mol. The fraction of sp³-hybridized carbons (Fsp3) is 0.480. The number of allylic oxidation sites excluding steroid dienone is 5. The highest BCUT2D eigenvalue weighted by atomic mass is 16.6. The van der Waals surface area contributed by atoms with Crippen LogP contribution in [0.4, 0.5) is 0 Å². The monoisotopic (exact) mass is 876 g/mol. The summed E-state index contributed by atoms with van der Waals surface area (Å²) in [6.45, 7) is 5.81. The second-order valence-corrected chi connectivity index (χ2v) is 18.5. The Morgan fingerprint density at radius 2 is 1.95 bits per heavy atom. The summed E-state index contributed by atoms with van der Waals surface area (Å²) < 4.78 is 20.6. The first-order chi connectivity index (χ1) is 30.8. The van der Waals surface area contributed by atoms with Gasteiger partial charge < -0.3 is 55.8 Å². The molecule has 64 heavy (non-hydrogen) atoms. The van der Waals surface area contributed by atoms with E-state index < -0.39 is 65.4 Å². The summed E-state index contributed by atoms with van der Waals surface area (Å²) in [7, 11) is 0. The number of nitrogens with one attached hydrogen (secondary N) is 3. The van der Waals surface area contributed by atoms with Crippen LogP contribution in [0.25, 0.3) is 11.0 Å². The Morgan fingerprint density at radius 3 is 2.66 bits per heavy atom. The first kappa shape index (κ1) is 43.7. The van der Waals surface area contributed by atoms with Gasteiger partial charge in [0.2, 0.25) is 0 Å². The Morgan fingerprint density at radius 1 is 1.16 bits per heavy atom. The first-order valence-electron chi connectivity index (χ1n) is 22.8. The Balaban J connectivity index is 1.35. The number of esters is 1. The molecular formula is C50H60N4O10. The van der Waals surface area contributed by atoms with Gasteiger partial charge >= 0.3 is 5.97 Å². The lowest BCUT2D eigenvalue weighted by molar-refractivity contribution is -0.167. The maximum Gasteiger partial charge on any atom is 0.337 e. The molecule has 0 saturated heterocycles. The molecule has 14 heteroatoms. The molecule has 1 saturated carbocycles. The Hall–Kier alpha value is -5.54. The van der Waals surface area contributed by atoms with E-state index in [9.17, 15) is 35.1 Å². The molecule has 3 aromatic rings. The summed E-state index contributed by atoms with van der Waals surface area (Å²) in [5.41, 5.74) is 8.76. The fourth-order valence-electron chi connectivity index (χ4n) is 11.7. The number of hydrogen-bond donors (Lipinski definition) is 9. The number of nitrogens with two attached hydrogens (primary N) is 1. The Kier molecular flexibility index (Phi) is 11.7. The van der Waals surface area contributed by atoms with E-state index in [4.69, 9.17) is 19.6 Å². The zero-order valence-corrected chi connectivity index (χ0v) is 36.7. The SMILES string of the molecule is CC=C(C(=O)OC1Cc2c3c(c4oc(CO)cc(=O)c4c2O)C2C4=CCNC(N)=C4C(CCc4ccc(O)cc4C2CO)CC(CC2=CNC(NCC)C=C2)C1(C)O3)C1(O)CCCC1. The molecule has 0 radical (unpaired) electrons. The van der Waals surface area contributed by atoms with Crippen molar-refractivity contribution in [3.8, 4) is 17.2 Å². The maximum absolute atomic E-state index is 14.6. The third kappa shape index (κ3) is 7.37. The van der Waals surface area contributed by atoms with Crippen LogP contribution in [-0.2, 0) is 29.0 Å². The van der Waals surface area contributed by atoms with Gasteiger partial charge in [0.25, 0.3) is 0 Å². The standard InChI is InChI=1S/C50H60N4O10/c1-4-36(50(61)15-6-7-16-50)48(60)63-38-22-34-44(59)42-37(58)21-31(24-55)62-46(42)43-41-32-14-17-53-47(51)40(32)28(10-9-27-11-12-30(57)20-33(27)35(41)25-56)19-29(49(38,3)64-45(34)43)18-26-8-13-39(52-5-2)54-23-26/h4,8,11-14,20-21,23,28-29,35,38-39,41,52-57,59,61H,5-7,9-10,15-19,22,24-25,51H2,1-3H3. The number of aryl methyl sites for hydroxylation is 1. The minimum absolute atomic E-state index is 0.0164. The van der Waals surface area contributed by atoms with Crippen LogP contribution < -0.4 is 31.8 Å². The third-order valence-corrected chi connectivity index (χ3v) is 14.9. The van der Waals surface area contributed by atoms with Crippen molar-refractivity contribution in [2.24, 2.45) is 17.6 Å². The van der Waals surface area contributed by atoms with Crippen molar-refractivity contribution in [3.05, 3.63) is 121 Å². The molecule has 0 amide bonds. The van der Waals surface area contributed by atoms with Crippen LogP contribution in [0.15, 0.2) is 92.1 Å². The molecule has 1 fully saturated rings. The molecule has 0 spiro atoms. The summed E-state index contributed by atoms with van der Waals surface area (Å²) in [4.78, 5) is 28.9. The number of phenols is 2. The third-order valence-electron chi connectivity index (χ3n) is 14.9. The van der Waals surface area contributed by atoms with E-state index in [0.29, 0.717) is 62.0 Å². The molecule has 10 N–H and O–H groups in total. The first-order valence-corrected chi connectivity index (χ1v) is 22.8. The average Bonchev–Trinajstić information content (AvgIpc) is 3.73. The van der Waals surface area contributed by atoms with Gasteiger partial charge in [-0.25, -0.2) is 4.79 Å². The number of ether oxygens (including phenoxy) is 2. The summed E-state index contributed by atoms with van der Waals surface area (Å²) in [5, 5.41) is 67.4. The Labute approximate surface area is 372 Å². The van der Waals surface area contributed by atoms with Crippen molar-refractivity contribution in [3.63, 3.8) is 0 Å². The molecule has 2 aliphatic carbocycles. The molecule has 7 unspecified atom stereocenters. The number of likely N-dealkylation sites (N-methyl/N-ethyl adjacent to an activating group) is 1. The van der Waals surface area contributed by atoms with E-state index in [1.807, 2.05) is 32.2 Å². The molecule has 2 aromatic carbocycles. The van der Waals surface area contributed by atoms with Crippen molar-refractivity contribution < 1.29 is 44.2 Å². The molecule has 14 nitrogen and oxygen atoms in total. The molecule has 340 valence electrons. The summed E-state index contributed by atoms with van der Waals surface area (Å²) >= 11 is 0. The van der Waals surface area contributed by atoms with E-state index in [2.05, 4.69) is 28.1 Å². The number of hydrogen-bond acceptors (Lipinski definition) is 14. The predicted octanol–water partition coefficient (Wildman–Crippen LogP) is 5.06. The number of dihydropyridines is 2. The van der Waals surface area contributed by atoms with Crippen molar-refractivity contribution in [1.29, 1.82) is 0 Å². The van der Waals surface area contributed by atoms with Crippen LogP contribution in [0.5, 0.6) is 17.2 Å². The average molecular weight is 877 g/mol. The molecule has 4 bridgehead atoms. The number of carbonyl (C=O) groups excluding carboxylic acids is 1. The normalized spacial score (nSPS) is 28.3. The summed E-state index contributed by atoms with van der Waals surface area (Å²) in [6, 6.07) is 6.36. The van der Waals surface area contributed by atoms with E-state index in [-0.39, 0.29) is 57.9 Å². The molecule has 9 rings (SSSR count). The summed E-state index contributed by atoms with van der Waals surface area (Å²) in [5.74, 6) is -2.67. The number of phenolic OH excluding ortho intramolecular Hbond substituents is 2. The van der Waals surface area contributed by atoms with E-state index >= 15 is 0 Å². The van der Waals surface area contributed by atoms with Crippen LogP contribution in [0.2, 0.25) is 0 Å². The van der Waals surface area contributed by atoms with Crippen molar-refractivity contribution in [2.75, 3.05) is 19.7 Å². The second-order valence-electron chi connectivity index (χ2n) is 18.5. The van der Waals surface area contributed by atoms with Gasteiger partial charge in [0.1, 0.15) is 58.1 Å². The molecule has 5 heterocycles. The zero-order chi connectivity index (χ0) is 45.1. The minimum Gasteiger partial charge on any atom is -0.508 e. The number of aliphatic hydroxyl groups is 3. The highest BCUT2D eigenvalue weighted by Crippen LogP contribution is 2.59. The lowest BCUT2D eigenvalue weighted by Gasteiger charge is -2.50. The Bertz CT molecular complexity index is 2580. The van der Waals surface area contributed by atoms with Gasteiger partial charge in [-0.3, -0.25) is 10.1 Å². The second kappa shape index (κ2) is 17.1. The van der Waals surface area contributed by atoms with Gasteiger partial charge in [0.05, 0.1) is 23.9 Å². The maximum atomic E-state index is 14.6. The van der Waals surface area contributed by atoms with E-state index in [0.717, 1.165) is 47.7 Å². The minimum atomic E-state index is -1.35. The topological polar surface area (TPSA) is 229 Å². The highest BCUT2D eigenvalue weighted by Gasteiger charge is 2.55. The lowest BCUT2D eigenvalue weighted by atomic mass is 9.65. The van der Waals surface area contributed by atoms with Gasteiger partial charge in [0, 0.05) is 54.1 Å². The van der Waals surface area contributed by atoms with E-state index in [1.165, 1.54) is 0 Å². The number of aliphatic hydroxyl groups excluding tert-OH is 2. The number of carbonyl (C=O) groups is 1. The summed E-state index contributed by atoms with van der Waals surface area (Å²) in [6.07, 6.45) is 13.1. The van der Waals surface area contributed by atoms with Gasteiger partial charge in [-0.2, -0.15) is 0 Å². The highest BCUT2D eigenvalue weighted by molar-refractivity contribution is 5.93. The van der Waals surface area contributed by atoms with Crippen molar-refractivity contribution in [1.82, 2.24) is 16.0 Å². The molecule has 1 aromatic heterocycles. The van der Waals surface area contributed by atoms with Gasteiger partial charge in [-0.1, -0.05) is 44.1 Å². The molecule has 6 aliphatic rings. The van der Waals surface area contributed by atoms with Crippen LogP contribution in [0.3, 0.4) is 0 Å². The van der Waals surface area contributed by atoms with Gasteiger partial charge in [-0.15, -0.1) is 0 Å². The van der Waals surface area contributed by atoms with Crippen LogP contribution in [0, 0.1) is 11.8 Å². The largest absolute Gasteiger partial charge is 0.508 e. The number of rotatable bonds is 9. The lowest BCUT2D eigenvalue weighted by Crippen LogP contribution is -2.57. The quantitative estimate of drug-likeness (QED) is 0.101. The molecule has 4 aliphatic heterocycles. The van der Waals surface area contributed by atoms with Gasteiger partial charge in [0.15, 0.2) is 5.43 Å². The van der Waals surface area contributed by atoms with E-state index in [1.54, 1.807) is 25.1 Å². The number of fused-ring (bicyclic) bond motifs is 5. The van der Waals surface area contributed by atoms with Crippen LogP contribution in [0.1, 0.15) is 106 Å². The molecule has 7 atom stereocenters. The number of aromatic hydroxyl groups is 2. The zero-order valence-electron chi connectivity index (χ0n) is 36.7. The van der Waals surface area contributed by atoms with Crippen LogP contribution >= 0.6 is 0 Å². The van der Waals surface area contributed by atoms with Gasteiger partial charge in [-0.05, 0) is 111 Å².